The Hall–Kier alpha value is -1.55. The van der Waals surface area contributed by atoms with E-state index in [2.05, 4.69) is 43.2 Å². The molecule has 4 nitrogen and oxygen atoms in total. The first-order valence-electron chi connectivity index (χ1n) is 8.43. The lowest BCUT2D eigenvalue weighted by Gasteiger charge is -2.27. The molecule has 1 saturated heterocycles. The summed E-state index contributed by atoms with van der Waals surface area (Å²) in [6, 6.07) is 11.2. The molecule has 2 rings (SSSR count). The van der Waals surface area contributed by atoms with Gasteiger partial charge >= 0.3 is 6.03 Å². The standard InChI is InChI=1S/C18H29N3O/c1-4-15(2)20(3)14-12-19-18(22)21-13-8-11-17(21)16-9-6-5-7-10-16/h5-7,9-10,15,17H,4,8,11-14H2,1-3H3,(H,19,22). The number of urea groups is 1. The van der Waals surface area contributed by atoms with Crippen molar-refractivity contribution in [3.63, 3.8) is 0 Å². The van der Waals surface area contributed by atoms with Crippen molar-refractivity contribution in [3.8, 4) is 0 Å². The zero-order valence-electron chi connectivity index (χ0n) is 14.1. The normalized spacial score (nSPS) is 19.5. The molecule has 1 aliphatic heterocycles. The minimum Gasteiger partial charge on any atom is -0.337 e. The van der Waals surface area contributed by atoms with Crippen molar-refractivity contribution < 1.29 is 4.79 Å². The van der Waals surface area contributed by atoms with Gasteiger partial charge < -0.3 is 15.1 Å². The number of carbonyl (C=O) groups excluding carboxylic acids is 1. The van der Waals surface area contributed by atoms with Crippen molar-refractivity contribution in [3.05, 3.63) is 35.9 Å². The molecular weight excluding hydrogens is 274 g/mol. The molecule has 122 valence electrons. The molecule has 1 heterocycles. The first-order valence-corrected chi connectivity index (χ1v) is 8.43. The first-order chi connectivity index (χ1) is 10.6. The van der Waals surface area contributed by atoms with Crippen LogP contribution in [0.1, 0.15) is 44.7 Å². The minimum absolute atomic E-state index is 0.0731. The highest BCUT2D eigenvalue weighted by Crippen LogP contribution is 2.31. The van der Waals surface area contributed by atoms with E-state index in [0.29, 0.717) is 12.6 Å². The van der Waals surface area contributed by atoms with Crippen molar-refractivity contribution >= 4 is 6.03 Å². The van der Waals surface area contributed by atoms with Crippen molar-refractivity contribution in [1.29, 1.82) is 0 Å². The Bertz CT molecular complexity index is 463. The van der Waals surface area contributed by atoms with E-state index in [-0.39, 0.29) is 12.1 Å². The summed E-state index contributed by atoms with van der Waals surface area (Å²) in [4.78, 5) is 16.7. The van der Waals surface area contributed by atoms with Crippen molar-refractivity contribution in [1.82, 2.24) is 15.1 Å². The number of amides is 2. The smallest absolute Gasteiger partial charge is 0.317 e. The lowest BCUT2D eigenvalue weighted by molar-refractivity contribution is 0.189. The lowest BCUT2D eigenvalue weighted by Crippen LogP contribution is -2.43. The van der Waals surface area contributed by atoms with Crippen LogP contribution in [0.4, 0.5) is 4.79 Å². The Morgan fingerprint density at radius 2 is 2.14 bits per heavy atom. The van der Waals surface area contributed by atoms with E-state index in [1.54, 1.807) is 0 Å². The third-order valence-electron chi connectivity index (χ3n) is 4.78. The number of hydrogen-bond donors (Lipinski definition) is 1. The Balaban J connectivity index is 1.84. The molecule has 1 aromatic rings. The van der Waals surface area contributed by atoms with Crippen LogP contribution in [0.3, 0.4) is 0 Å². The molecular formula is C18H29N3O. The Kier molecular flexibility index (Phi) is 6.25. The average Bonchev–Trinajstić information content (AvgIpc) is 3.04. The minimum atomic E-state index is 0.0731. The van der Waals surface area contributed by atoms with Crippen molar-refractivity contribution in [2.24, 2.45) is 0 Å². The molecule has 2 amide bonds. The van der Waals surface area contributed by atoms with Gasteiger partial charge in [-0.25, -0.2) is 4.79 Å². The fourth-order valence-electron chi connectivity index (χ4n) is 3.00. The zero-order chi connectivity index (χ0) is 15.9. The largest absolute Gasteiger partial charge is 0.337 e. The fraction of sp³-hybridized carbons (Fsp3) is 0.611. The highest BCUT2D eigenvalue weighted by Gasteiger charge is 2.29. The number of hydrogen-bond acceptors (Lipinski definition) is 2. The van der Waals surface area contributed by atoms with Gasteiger partial charge in [0.05, 0.1) is 6.04 Å². The van der Waals surface area contributed by atoms with Gasteiger partial charge in [0.1, 0.15) is 0 Å². The second kappa shape index (κ2) is 8.18. The van der Waals surface area contributed by atoms with Gasteiger partial charge in [-0.2, -0.15) is 0 Å². The first kappa shape index (κ1) is 16.8. The molecule has 0 radical (unpaired) electrons. The number of nitrogens with one attached hydrogen (secondary N) is 1. The average molecular weight is 303 g/mol. The highest BCUT2D eigenvalue weighted by molar-refractivity contribution is 5.75. The van der Waals surface area contributed by atoms with Crippen LogP contribution in [-0.2, 0) is 0 Å². The number of likely N-dealkylation sites (tertiary alicyclic amines) is 1. The summed E-state index contributed by atoms with van der Waals surface area (Å²) in [7, 11) is 2.11. The molecule has 0 saturated carbocycles. The molecule has 22 heavy (non-hydrogen) atoms. The van der Waals surface area contributed by atoms with E-state index < -0.39 is 0 Å². The van der Waals surface area contributed by atoms with E-state index in [1.165, 1.54) is 5.56 Å². The van der Waals surface area contributed by atoms with Crippen LogP contribution in [0.25, 0.3) is 0 Å². The Morgan fingerprint density at radius 3 is 2.82 bits per heavy atom. The van der Waals surface area contributed by atoms with Gasteiger partial charge in [-0.15, -0.1) is 0 Å². The lowest BCUT2D eigenvalue weighted by atomic mass is 10.1. The molecule has 0 aromatic heterocycles. The molecule has 0 aliphatic carbocycles. The van der Waals surface area contributed by atoms with Gasteiger partial charge in [0.25, 0.3) is 0 Å². The quantitative estimate of drug-likeness (QED) is 0.875. The predicted octanol–water partition coefficient (Wildman–Crippen LogP) is 3.26. The number of likely N-dealkylation sites (N-methyl/N-ethyl adjacent to an activating group) is 1. The van der Waals surface area contributed by atoms with Gasteiger partial charge in [-0.3, -0.25) is 0 Å². The molecule has 1 fully saturated rings. The van der Waals surface area contributed by atoms with Gasteiger partial charge in [0.15, 0.2) is 0 Å². The highest BCUT2D eigenvalue weighted by atomic mass is 16.2. The van der Waals surface area contributed by atoms with Gasteiger partial charge in [-0.1, -0.05) is 37.3 Å². The van der Waals surface area contributed by atoms with Crippen LogP contribution >= 0.6 is 0 Å². The maximum Gasteiger partial charge on any atom is 0.317 e. The topological polar surface area (TPSA) is 35.6 Å². The molecule has 0 spiro atoms. The van der Waals surface area contributed by atoms with Crippen molar-refractivity contribution in [2.75, 3.05) is 26.7 Å². The third-order valence-corrected chi connectivity index (χ3v) is 4.78. The summed E-state index contributed by atoms with van der Waals surface area (Å²) < 4.78 is 0. The van der Waals surface area contributed by atoms with E-state index in [1.807, 2.05) is 23.1 Å². The van der Waals surface area contributed by atoms with E-state index >= 15 is 0 Å². The molecule has 2 atom stereocenters. The van der Waals surface area contributed by atoms with E-state index in [0.717, 1.165) is 32.4 Å². The number of benzene rings is 1. The third kappa shape index (κ3) is 4.23. The SMILES string of the molecule is CCC(C)N(C)CCNC(=O)N1CCCC1c1ccccc1. The number of rotatable bonds is 6. The van der Waals surface area contributed by atoms with Crippen LogP contribution < -0.4 is 5.32 Å². The molecule has 4 heteroatoms. The van der Waals surface area contributed by atoms with Gasteiger partial charge in [0.2, 0.25) is 0 Å². The second-order valence-corrected chi connectivity index (χ2v) is 6.23. The van der Waals surface area contributed by atoms with Crippen LogP contribution in [-0.4, -0.2) is 48.6 Å². The monoisotopic (exact) mass is 303 g/mol. The molecule has 1 aliphatic rings. The number of nitrogens with zero attached hydrogens (tertiary/aromatic N) is 2. The predicted molar refractivity (Wildman–Crippen MR) is 90.9 cm³/mol. The maximum absolute atomic E-state index is 12.4. The maximum atomic E-state index is 12.4. The van der Waals surface area contributed by atoms with Gasteiger partial charge in [-0.05, 0) is 38.8 Å². The molecule has 1 N–H and O–H groups in total. The van der Waals surface area contributed by atoms with Crippen LogP contribution in [0.2, 0.25) is 0 Å². The molecule has 0 bridgehead atoms. The van der Waals surface area contributed by atoms with Crippen LogP contribution in [0, 0.1) is 0 Å². The molecule has 2 unspecified atom stereocenters. The van der Waals surface area contributed by atoms with Crippen LogP contribution in [0.15, 0.2) is 30.3 Å². The number of carbonyl (C=O) groups is 1. The zero-order valence-corrected chi connectivity index (χ0v) is 14.1. The molecule has 1 aromatic carbocycles. The van der Waals surface area contributed by atoms with Crippen molar-refractivity contribution in [2.45, 2.75) is 45.2 Å². The summed E-state index contributed by atoms with van der Waals surface area (Å²) in [6.07, 6.45) is 3.27. The van der Waals surface area contributed by atoms with E-state index in [9.17, 15) is 4.79 Å². The summed E-state index contributed by atoms with van der Waals surface area (Å²) in [6.45, 7) is 6.86. The summed E-state index contributed by atoms with van der Waals surface area (Å²) in [5, 5.41) is 3.08. The summed E-state index contributed by atoms with van der Waals surface area (Å²) >= 11 is 0. The fourth-order valence-corrected chi connectivity index (χ4v) is 3.00. The van der Waals surface area contributed by atoms with Gasteiger partial charge in [0, 0.05) is 25.7 Å². The van der Waals surface area contributed by atoms with Crippen LogP contribution in [0.5, 0.6) is 0 Å². The second-order valence-electron chi connectivity index (χ2n) is 6.23. The Labute approximate surface area is 134 Å². The summed E-state index contributed by atoms with van der Waals surface area (Å²) in [5.74, 6) is 0. The van der Waals surface area contributed by atoms with E-state index in [4.69, 9.17) is 0 Å². The Morgan fingerprint density at radius 1 is 1.41 bits per heavy atom. The summed E-state index contributed by atoms with van der Waals surface area (Å²) in [5.41, 5.74) is 1.24.